The number of nitrogens with one attached hydrogen (secondary N) is 2. The number of pyridine rings is 1. The highest BCUT2D eigenvalue weighted by Crippen LogP contribution is 2.25. The Hall–Kier alpha value is -3.22. The van der Waals surface area contributed by atoms with Crippen LogP contribution in [0.5, 0.6) is 0 Å². The number of hydrogen-bond donors (Lipinski definition) is 2. The zero-order chi connectivity index (χ0) is 22.2. The summed E-state index contributed by atoms with van der Waals surface area (Å²) in [6.07, 6.45) is -2.16. The van der Waals surface area contributed by atoms with E-state index >= 15 is 0 Å². The van der Waals surface area contributed by atoms with E-state index in [0.29, 0.717) is 4.76 Å². The monoisotopic (exact) mass is 421 g/mol. The summed E-state index contributed by atoms with van der Waals surface area (Å²) in [5.74, 6) is -3.60. The second-order valence-corrected chi connectivity index (χ2v) is 7.54. The number of carbonyl (C=O) groups excluding carboxylic acids is 1. The van der Waals surface area contributed by atoms with Gasteiger partial charge < -0.3 is 10.3 Å². The van der Waals surface area contributed by atoms with E-state index < -0.39 is 53.7 Å². The van der Waals surface area contributed by atoms with Crippen molar-refractivity contribution in [1.29, 1.82) is 5.26 Å². The van der Waals surface area contributed by atoms with E-state index in [9.17, 15) is 27.7 Å². The van der Waals surface area contributed by atoms with E-state index in [4.69, 9.17) is 5.26 Å². The van der Waals surface area contributed by atoms with Crippen LogP contribution in [0, 0.1) is 40.7 Å². The van der Waals surface area contributed by atoms with Gasteiger partial charge in [-0.05, 0) is 31.5 Å². The van der Waals surface area contributed by atoms with E-state index in [1.807, 2.05) is 6.07 Å². The van der Waals surface area contributed by atoms with Crippen molar-refractivity contribution in [1.82, 2.24) is 10.3 Å². The first kappa shape index (κ1) is 21.5. The lowest BCUT2D eigenvalue weighted by Gasteiger charge is -2.26. The third kappa shape index (κ3) is 3.92. The fourth-order valence-corrected chi connectivity index (χ4v) is 3.97. The average molecular weight is 421 g/mol. The largest absolute Gasteiger partial charge is 0.346 e. The number of aromatic amines is 1. The zero-order valence-electron chi connectivity index (χ0n) is 16.3. The highest BCUT2D eigenvalue weighted by atomic mass is 19.2. The second-order valence-electron chi connectivity index (χ2n) is 7.54. The van der Waals surface area contributed by atoms with Crippen LogP contribution in [0.3, 0.4) is 0 Å². The third-order valence-corrected chi connectivity index (χ3v) is 5.48. The number of nitrogens with zero attached hydrogens (tertiary/aromatic N) is 2. The number of nitroso groups, excluding NO2 is 1. The molecule has 0 spiro atoms. The van der Waals surface area contributed by atoms with Crippen molar-refractivity contribution in [2.45, 2.75) is 44.9 Å². The molecule has 10 heteroatoms. The molecule has 0 bridgehead atoms. The molecule has 1 amide bonds. The van der Waals surface area contributed by atoms with E-state index in [1.165, 1.54) is 19.9 Å². The SMILES string of the molecule is Cc1c(CC(=O)N[C@H](C)C2C(F)CC(C#N)C[N+]2=O)c(=O)[nH]c2ccc(F)c(F)c12. The number of hydrogen-bond acceptors (Lipinski definition) is 4. The molecule has 30 heavy (non-hydrogen) atoms. The van der Waals surface area contributed by atoms with Crippen LogP contribution in [-0.2, 0) is 11.2 Å². The summed E-state index contributed by atoms with van der Waals surface area (Å²) in [6.45, 7) is 2.71. The van der Waals surface area contributed by atoms with Gasteiger partial charge in [-0.1, -0.05) is 0 Å². The number of alkyl halides is 1. The predicted octanol–water partition coefficient (Wildman–Crippen LogP) is 2.19. The smallest absolute Gasteiger partial charge is 0.252 e. The van der Waals surface area contributed by atoms with Crippen LogP contribution in [0.15, 0.2) is 16.9 Å². The first-order chi connectivity index (χ1) is 14.1. The van der Waals surface area contributed by atoms with Crippen molar-refractivity contribution in [3.8, 4) is 6.07 Å². The summed E-state index contributed by atoms with van der Waals surface area (Å²) < 4.78 is 42.6. The van der Waals surface area contributed by atoms with E-state index in [1.54, 1.807) is 0 Å². The Bertz CT molecular complexity index is 1120. The van der Waals surface area contributed by atoms with Crippen LogP contribution in [0.25, 0.3) is 10.9 Å². The molecular formula is C20H20F3N4O3+. The topological polar surface area (TPSA) is 106 Å². The molecule has 0 radical (unpaired) electrons. The van der Waals surface area contributed by atoms with Gasteiger partial charge in [0.1, 0.15) is 5.92 Å². The first-order valence-electron chi connectivity index (χ1n) is 9.40. The van der Waals surface area contributed by atoms with Crippen LogP contribution in [0.4, 0.5) is 13.2 Å². The van der Waals surface area contributed by atoms with Gasteiger partial charge in [-0.15, -0.1) is 0 Å². The van der Waals surface area contributed by atoms with Crippen LogP contribution >= 0.6 is 0 Å². The summed E-state index contributed by atoms with van der Waals surface area (Å²) in [4.78, 5) is 39.4. The van der Waals surface area contributed by atoms with Crippen molar-refractivity contribution >= 4 is 16.8 Å². The maximum atomic E-state index is 14.4. The zero-order valence-corrected chi connectivity index (χ0v) is 16.3. The molecule has 2 heterocycles. The molecule has 3 unspecified atom stereocenters. The Kier molecular flexibility index (Phi) is 5.92. The van der Waals surface area contributed by atoms with Crippen molar-refractivity contribution < 1.29 is 22.7 Å². The minimum Gasteiger partial charge on any atom is -0.346 e. The van der Waals surface area contributed by atoms with Crippen LogP contribution in [-0.4, -0.2) is 40.5 Å². The average Bonchev–Trinajstić information content (AvgIpc) is 2.67. The highest BCUT2D eigenvalue weighted by Gasteiger charge is 2.47. The molecule has 1 saturated heterocycles. The molecule has 1 aliphatic heterocycles. The lowest BCUT2D eigenvalue weighted by Crippen LogP contribution is -2.55. The number of rotatable bonds is 4. The van der Waals surface area contributed by atoms with Gasteiger partial charge in [0.25, 0.3) is 11.6 Å². The molecule has 7 nitrogen and oxygen atoms in total. The number of piperidine rings is 1. The minimum atomic E-state index is -1.60. The molecule has 0 saturated carbocycles. The quantitative estimate of drug-likeness (QED) is 0.738. The van der Waals surface area contributed by atoms with Gasteiger partial charge in [0, 0.05) is 27.0 Å². The molecule has 4 atom stereocenters. The number of halogens is 3. The number of fused-ring (bicyclic) bond motifs is 1. The minimum absolute atomic E-state index is 0.0549. The lowest BCUT2D eigenvalue weighted by molar-refractivity contribution is -0.610. The Morgan fingerprint density at radius 1 is 1.43 bits per heavy atom. The standard InChI is InChI=1S/C20H19F3N4O3/c1-9-12(20(29)26-15-4-3-13(21)18(23)17(9)15)6-16(28)25-10(2)19-14(22)5-11(7-24)8-27(19)30/h3-4,10-11,14,19H,5-6,8H2,1-2H3,(H-,25,26,28,29)/p+1/t10-,11?,14?,19?/m1/s1. The van der Waals surface area contributed by atoms with Crippen molar-refractivity contribution in [3.05, 3.63) is 50.2 Å². The number of aromatic nitrogens is 1. The Labute approximate surface area is 169 Å². The molecule has 2 aromatic rings. The maximum Gasteiger partial charge on any atom is 0.252 e. The Morgan fingerprint density at radius 2 is 2.13 bits per heavy atom. The summed E-state index contributed by atoms with van der Waals surface area (Å²) in [7, 11) is 0. The van der Waals surface area contributed by atoms with Gasteiger partial charge in [0.05, 0.1) is 24.0 Å². The highest BCUT2D eigenvalue weighted by molar-refractivity contribution is 5.86. The second kappa shape index (κ2) is 8.26. The van der Waals surface area contributed by atoms with Gasteiger partial charge in [0.15, 0.2) is 17.8 Å². The van der Waals surface area contributed by atoms with Gasteiger partial charge in [-0.2, -0.15) is 5.26 Å². The van der Waals surface area contributed by atoms with Gasteiger partial charge in [-0.3, -0.25) is 9.59 Å². The van der Waals surface area contributed by atoms with Crippen molar-refractivity contribution in [3.63, 3.8) is 0 Å². The summed E-state index contributed by atoms with van der Waals surface area (Å²) in [6, 6.07) is 1.94. The fourth-order valence-electron chi connectivity index (χ4n) is 3.97. The molecule has 1 aromatic heterocycles. The van der Waals surface area contributed by atoms with Crippen LogP contribution in [0.2, 0.25) is 0 Å². The normalized spacial score (nSPS) is 22.5. The first-order valence-corrected chi connectivity index (χ1v) is 9.40. The number of H-pyrrole nitrogens is 1. The molecule has 1 aliphatic rings. The molecule has 0 aliphatic carbocycles. The molecule has 158 valence electrons. The van der Waals surface area contributed by atoms with Gasteiger partial charge >= 0.3 is 0 Å². The Morgan fingerprint density at radius 3 is 2.77 bits per heavy atom. The number of carbonyl (C=O) groups is 1. The van der Waals surface area contributed by atoms with E-state index in [0.717, 1.165) is 6.07 Å². The molecular weight excluding hydrogens is 401 g/mol. The van der Waals surface area contributed by atoms with Crippen LogP contribution in [0.1, 0.15) is 24.5 Å². The Balaban J connectivity index is 1.81. The van der Waals surface area contributed by atoms with Gasteiger partial charge in [-0.25, -0.2) is 13.2 Å². The van der Waals surface area contributed by atoms with E-state index in [-0.39, 0.29) is 35.0 Å². The number of aryl methyl sites for hydroxylation is 1. The summed E-state index contributed by atoms with van der Waals surface area (Å²) >= 11 is 0. The number of benzene rings is 1. The molecule has 3 rings (SSSR count). The summed E-state index contributed by atoms with van der Waals surface area (Å²) in [5, 5.41) is 11.3. The van der Waals surface area contributed by atoms with Crippen molar-refractivity contribution in [2.24, 2.45) is 5.92 Å². The van der Waals surface area contributed by atoms with Crippen LogP contribution < -0.4 is 10.9 Å². The number of amides is 1. The molecule has 1 aromatic carbocycles. The summed E-state index contributed by atoms with van der Waals surface area (Å²) in [5.41, 5.74) is -0.458. The predicted molar refractivity (Wildman–Crippen MR) is 101 cm³/mol. The van der Waals surface area contributed by atoms with Gasteiger partial charge in [0.2, 0.25) is 12.5 Å². The van der Waals surface area contributed by atoms with Crippen molar-refractivity contribution in [2.75, 3.05) is 6.54 Å². The lowest BCUT2D eigenvalue weighted by atomic mass is 9.90. The third-order valence-electron chi connectivity index (χ3n) is 5.48. The molecule has 2 N–H and O–H groups in total. The number of nitriles is 1. The molecule has 1 fully saturated rings. The fraction of sp³-hybridized carbons (Fsp3) is 0.450. The van der Waals surface area contributed by atoms with E-state index in [2.05, 4.69) is 10.3 Å². The maximum absolute atomic E-state index is 14.4.